The molecule has 18 heavy (non-hydrogen) atoms. The standard InChI is InChI=1S/C12H16BN2O3/c1-14-5-7-15(8-6-14)12(16)10-3-2-4-11(9-10)18-13-17/h2-4,9,17H,5-8H2,1H3. The van der Waals surface area contributed by atoms with Crippen molar-refractivity contribution in [1.82, 2.24) is 9.80 Å². The van der Waals surface area contributed by atoms with Crippen LogP contribution < -0.4 is 4.65 Å². The molecule has 1 heterocycles. The van der Waals surface area contributed by atoms with Crippen LogP contribution in [-0.2, 0) is 0 Å². The van der Waals surface area contributed by atoms with Gasteiger partial charge in [-0.25, -0.2) is 0 Å². The molecule has 0 saturated carbocycles. The number of carbonyl (C=O) groups is 1. The van der Waals surface area contributed by atoms with E-state index < -0.39 is 0 Å². The summed E-state index contributed by atoms with van der Waals surface area (Å²) in [5, 5.41) is 8.58. The molecule has 1 N–H and O–H groups in total. The van der Waals surface area contributed by atoms with Gasteiger partial charge in [-0.1, -0.05) is 6.07 Å². The highest BCUT2D eigenvalue weighted by Crippen LogP contribution is 2.15. The Morgan fingerprint density at radius 2 is 2.06 bits per heavy atom. The van der Waals surface area contributed by atoms with Crippen molar-refractivity contribution in [2.75, 3.05) is 33.2 Å². The highest BCUT2D eigenvalue weighted by molar-refractivity contribution is 6.17. The van der Waals surface area contributed by atoms with Crippen LogP contribution in [0.15, 0.2) is 24.3 Å². The zero-order valence-electron chi connectivity index (χ0n) is 10.4. The zero-order chi connectivity index (χ0) is 13.0. The van der Waals surface area contributed by atoms with Crippen molar-refractivity contribution in [3.63, 3.8) is 0 Å². The molecule has 1 fully saturated rings. The number of hydrogen-bond donors (Lipinski definition) is 1. The molecule has 95 valence electrons. The molecule has 0 atom stereocenters. The van der Waals surface area contributed by atoms with Crippen LogP contribution >= 0.6 is 0 Å². The molecule has 0 aliphatic carbocycles. The number of benzene rings is 1. The Balaban J connectivity index is 2.06. The van der Waals surface area contributed by atoms with Crippen molar-refractivity contribution in [2.24, 2.45) is 0 Å². The van der Waals surface area contributed by atoms with Gasteiger partial charge in [0, 0.05) is 31.7 Å². The summed E-state index contributed by atoms with van der Waals surface area (Å²) < 4.78 is 4.85. The Labute approximate surface area is 107 Å². The minimum Gasteiger partial charge on any atom is -0.537 e. The van der Waals surface area contributed by atoms with E-state index in [-0.39, 0.29) is 5.91 Å². The van der Waals surface area contributed by atoms with Gasteiger partial charge >= 0.3 is 7.69 Å². The Morgan fingerprint density at radius 3 is 2.72 bits per heavy atom. The average Bonchev–Trinajstić information content (AvgIpc) is 2.39. The maximum Gasteiger partial charge on any atom is 0.569 e. The predicted molar refractivity (Wildman–Crippen MR) is 68.4 cm³/mol. The summed E-state index contributed by atoms with van der Waals surface area (Å²) in [6, 6.07) is 6.81. The quantitative estimate of drug-likeness (QED) is 0.762. The summed E-state index contributed by atoms with van der Waals surface area (Å²) in [5.74, 6) is 0.462. The SMILES string of the molecule is CN1CCN(C(=O)c2cccc(O[B]O)c2)CC1. The lowest BCUT2D eigenvalue weighted by atomic mass is 10.1. The second-order valence-electron chi connectivity index (χ2n) is 4.35. The Morgan fingerprint density at radius 1 is 1.33 bits per heavy atom. The van der Waals surface area contributed by atoms with Gasteiger partial charge in [-0.3, -0.25) is 4.79 Å². The average molecular weight is 247 g/mol. The van der Waals surface area contributed by atoms with E-state index in [1.165, 1.54) is 0 Å². The molecular formula is C12H16BN2O3. The van der Waals surface area contributed by atoms with Crippen molar-refractivity contribution < 1.29 is 14.5 Å². The number of piperazine rings is 1. The van der Waals surface area contributed by atoms with Crippen LogP contribution in [0, 0.1) is 0 Å². The van der Waals surface area contributed by atoms with Crippen LogP contribution in [0.3, 0.4) is 0 Å². The van der Waals surface area contributed by atoms with Crippen molar-refractivity contribution in [2.45, 2.75) is 0 Å². The molecule has 1 radical (unpaired) electrons. The lowest BCUT2D eigenvalue weighted by Gasteiger charge is -2.32. The first-order valence-electron chi connectivity index (χ1n) is 5.91. The van der Waals surface area contributed by atoms with Gasteiger partial charge in [0.25, 0.3) is 5.91 Å². The van der Waals surface area contributed by atoms with Crippen LogP contribution in [0.1, 0.15) is 10.4 Å². The van der Waals surface area contributed by atoms with E-state index in [9.17, 15) is 4.79 Å². The lowest BCUT2D eigenvalue weighted by molar-refractivity contribution is 0.0664. The van der Waals surface area contributed by atoms with E-state index in [0.717, 1.165) is 26.2 Å². The second kappa shape index (κ2) is 5.88. The van der Waals surface area contributed by atoms with Gasteiger partial charge in [0.1, 0.15) is 5.75 Å². The van der Waals surface area contributed by atoms with Crippen molar-refractivity contribution in [3.05, 3.63) is 29.8 Å². The molecule has 0 spiro atoms. The fourth-order valence-electron chi connectivity index (χ4n) is 1.96. The van der Waals surface area contributed by atoms with Gasteiger partial charge in [0.05, 0.1) is 0 Å². The first kappa shape index (κ1) is 12.9. The summed E-state index contributed by atoms with van der Waals surface area (Å²) in [7, 11) is 2.66. The number of hydrogen-bond acceptors (Lipinski definition) is 4. The largest absolute Gasteiger partial charge is 0.569 e. The molecule has 0 unspecified atom stereocenters. The maximum atomic E-state index is 12.2. The second-order valence-corrected chi connectivity index (χ2v) is 4.35. The highest BCUT2D eigenvalue weighted by atomic mass is 16.5. The zero-order valence-corrected chi connectivity index (χ0v) is 10.4. The van der Waals surface area contributed by atoms with E-state index >= 15 is 0 Å². The fraction of sp³-hybridized carbons (Fsp3) is 0.417. The van der Waals surface area contributed by atoms with Gasteiger partial charge < -0.3 is 19.5 Å². The molecule has 1 aromatic carbocycles. The first-order chi connectivity index (χ1) is 8.70. The molecule has 5 nitrogen and oxygen atoms in total. The van der Waals surface area contributed by atoms with Crippen molar-refractivity contribution in [1.29, 1.82) is 0 Å². The van der Waals surface area contributed by atoms with Crippen molar-refractivity contribution in [3.8, 4) is 5.75 Å². The molecule has 0 bridgehead atoms. The van der Waals surface area contributed by atoms with E-state index in [2.05, 4.69) is 4.90 Å². The first-order valence-corrected chi connectivity index (χ1v) is 5.91. The van der Waals surface area contributed by atoms with Gasteiger partial charge in [-0.05, 0) is 25.2 Å². The maximum absolute atomic E-state index is 12.2. The van der Waals surface area contributed by atoms with Crippen LogP contribution in [0.25, 0.3) is 0 Å². The van der Waals surface area contributed by atoms with E-state index in [1.54, 1.807) is 24.3 Å². The summed E-state index contributed by atoms with van der Waals surface area (Å²) >= 11 is 0. The molecule has 6 heteroatoms. The topological polar surface area (TPSA) is 53.0 Å². The van der Waals surface area contributed by atoms with E-state index in [4.69, 9.17) is 9.68 Å². The van der Waals surface area contributed by atoms with Crippen molar-refractivity contribution >= 4 is 13.6 Å². The predicted octanol–water partition coefficient (Wildman–Crippen LogP) is -0.0205. The summed E-state index contributed by atoms with van der Waals surface area (Å²) in [6.07, 6.45) is 0. The summed E-state index contributed by atoms with van der Waals surface area (Å²) in [4.78, 5) is 16.3. The summed E-state index contributed by atoms with van der Waals surface area (Å²) in [6.45, 7) is 3.28. The van der Waals surface area contributed by atoms with Gasteiger partial charge in [-0.2, -0.15) is 0 Å². The van der Waals surface area contributed by atoms with Crippen LogP contribution in [0.4, 0.5) is 0 Å². The molecule has 1 aromatic rings. The number of carbonyl (C=O) groups excluding carboxylic acids is 1. The Kier molecular flexibility index (Phi) is 4.22. The minimum atomic E-state index is 0.00601. The molecule has 0 aromatic heterocycles. The normalized spacial score (nSPS) is 16.4. The minimum absolute atomic E-state index is 0.00601. The Hall–Kier alpha value is -1.53. The van der Waals surface area contributed by atoms with Crippen LogP contribution in [0.5, 0.6) is 5.75 Å². The number of rotatable bonds is 3. The van der Waals surface area contributed by atoms with Gasteiger partial charge in [-0.15, -0.1) is 0 Å². The smallest absolute Gasteiger partial charge is 0.537 e. The van der Waals surface area contributed by atoms with E-state index in [0.29, 0.717) is 19.0 Å². The van der Waals surface area contributed by atoms with E-state index in [1.807, 2.05) is 11.9 Å². The molecule has 1 amide bonds. The third-order valence-electron chi connectivity index (χ3n) is 3.06. The molecule has 2 rings (SSSR count). The third-order valence-corrected chi connectivity index (χ3v) is 3.06. The van der Waals surface area contributed by atoms with Crippen LogP contribution in [0.2, 0.25) is 0 Å². The molecular weight excluding hydrogens is 231 g/mol. The highest BCUT2D eigenvalue weighted by Gasteiger charge is 2.20. The summed E-state index contributed by atoms with van der Waals surface area (Å²) in [5.41, 5.74) is 0.582. The number of nitrogens with zero attached hydrogens (tertiary/aromatic N) is 2. The molecule has 1 aliphatic heterocycles. The van der Waals surface area contributed by atoms with Crippen LogP contribution in [-0.4, -0.2) is 61.6 Å². The Bertz CT molecular complexity index is 420. The molecule has 1 saturated heterocycles. The number of likely N-dealkylation sites (N-methyl/N-ethyl adjacent to an activating group) is 1. The molecule has 1 aliphatic rings. The lowest BCUT2D eigenvalue weighted by Crippen LogP contribution is -2.47. The fourth-order valence-corrected chi connectivity index (χ4v) is 1.96. The number of amides is 1. The van der Waals surface area contributed by atoms with Gasteiger partial charge in [0.2, 0.25) is 0 Å². The van der Waals surface area contributed by atoms with Gasteiger partial charge in [0.15, 0.2) is 0 Å². The monoisotopic (exact) mass is 247 g/mol. The third kappa shape index (κ3) is 3.03.